The van der Waals surface area contributed by atoms with Gasteiger partial charge in [0.25, 0.3) is 0 Å². The average Bonchev–Trinajstić information content (AvgIpc) is 1.61. The largest absolute Gasteiger partial charge is 0.452 e. The van der Waals surface area contributed by atoms with Gasteiger partial charge in [-0.2, -0.15) is 9.13 Å². The minimum absolute atomic E-state index is 0.256. The Balaban J connectivity index is 0.000000106. The van der Waals surface area contributed by atoms with Crippen LogP contribution in [0.5, 0.6) is 0 Å². The molecule has 0 atom stereocenters. The minimum Gasteiger partial charge on any atom is -0.452 e. The van der Waals surface area contributed by atoms with E-state index in [2.05, 4.69) is 408 Å². The second-order valence-corrected chi connectivity index (χ2v) is 36.4. The van der Waals surface area contributed by atoms with Crippen LogP contribution in [0.3, 0.4) is 0 Å². The number of rotatable bonds is 15. The maximum atomic E-state index is 13.9. The molecule has 0 fully saturated rings. The fourth-order valence-corrected chi connectivity index (χ4v) is 21.3. The van der Waals surface area contributed by atoms with Gasteiger partial charge in [0.2, 0.25) is 11.4 Å². The number of aromatic nitrogens is 5. The first-order chi connectivity index (χ1) is 71.8. The van der Waals surface area contributed by atoms with Crippen LogP contribution in [-0.2, 0) is 0 Å². The van der Waals surface area contributed by atoms with E-state index in [1.54, 1.807) is 0 Å². The molecule has 11 heterocycles. The molecule has 15 heteroatoms. The second-order valence-electron chi connectivity index (χ2n) is 36.4. The van der Waals surface area contributed by atoms with Crippen molar-refractivity contribution in [2.24, 2.45) is 0 Å². The van der Waals surface area contributed by atoms with E-state index in [0.29, 0.717) is 0 Å². The van der Waals surface area contributed by atoms with Crippen molar-refractivity contribution in [1.29, 1.82) is 0 Å². The molecule has 0 aliphatic carbocycles. The van der Waals surface area contributed by atoms with Crippen molar-refractivity contribution in [2.45, 2.75) is 0 Å². The predicted octanol–water partition coefficient (Wildman–Crippen LogP) is 35.1. The van der Waals surface area contributed by atoms with Crippen molar-refractivity contribution in [3.63, 3.8) is 0 Å². The number of hydrogen-bond acceptors (Lipinski definition) is 9. The number of nitrogens with zero attached hydrogens (tertiary/aromatic N) is 8. The molecular weight excluding hydrogens is 1790 g/mol. The lowest BCUT2D eigenvalue weighted by Gasteiger charge is -2.25. The molecule has 145 heavy (non-hydrogen) atoms. The van der Waals surface area contributed by atoms with Crippen LogP contribution in [0.2, 0.25) is 0 Å². The molecule has 0 radical (unpaired) electrons. The Kier molecular flexibility index (Phi) is 19.8. The van der Waals surface area contributed by atoms with Crippen LogP contribution in [0.25, 0.3) is 204 Å². The first-order valence-corrected chi connectivity index (χ1v) is 48.5. The van der Waals surface area contributed by atoms with Gasteiger partial charge in [0.1, 0.15) is 39.3 Å². The van der Waals surface area contributed by atoms with Crippen molar-refractivity contribution in [3.8, 4) is 39.6 Å². The van der Waals surface area contributed by atoms with Gasteiger partial charge in [-0.05, 0) is 223 Å². The lowest BCUT2D eigenvalue weighted by molar-refractivity contribution is -0.595. The summed E-state index contributed by atoms with van der Waals surface area (Å²) in [6.07, 6.45) is 8.40. The molecule has 0 unspecified atom stereocenters. The Labute approximate surface area is 828 Å². The molecule has 11 aromatic heterocycles. The Morgan fingerprint density at radius 2 is 0.428 bits per heavy atom. The summed E-state index contributed by atoms with van der Waals surface area (Å²) in [7, 11) is 0. The lowest BCUT2D eigenvalue weighted by atomic mass is 10.0. The molecule has 0 N–H and O–H groups in total. The number of para-hydroxylation sites is 11. The van der Waals surface area contributed by atoms with Crippen LogP contribution in [0.15, 0.2) is 531 Å². The molecule has 0 amide bonds. The van der Waals surface area contributed by atoms with Crippen LogP contribution in [0.1, 0.15) is 0 Å². The van der Waals surface area contributed by atoms with Gasteiger partial charge in [0.15, 0.2) is 58.3 Å². The fraction of sp³-hybridized carbons (Fsp3) is 0. The van der Waals surface area contributed by atoms with Crippen LogP contribution < -0.4 is 23.8 Å². The molecule has 14 nitrogen and oxygen atoms in total. The van der Waals surface area contributed by atoms with E-state index >= 15 is 0 Å². The molecule has 0 aliphatic rings. The highest BCUT2D eigenvalue weighted by Crippen LogP contribution is 2.49. The highest BCUT2D eigenvalue weighted by Gasteiger charge is 2.28. The van der Waals surface area contributed by atoms with E-state index in [4.69, 9.17) is 26.5 Å². The predicted molar refractivity (Wildman–Crippen MR) is 586 cm³/mol. The topological polar surface area (TPSA) is 111 Å². The van der Waals surface area contributed by atoms with Crippen LogP contribution in [0.4, 0.5) is 55.6 Å². The molecule has 684 valence electrons. The molecule has 30 aromatic rings. The van der Waals surface area contributed by atoms with Gasteiger partial charge in [0, 0.05) is 156 Å². The number of pyridine rings is 2. The molecule has 0 saturated heterocycles. The van der Waals surface area contributed by atoms with Gasteiger partial charge in [0.05, 0.1) is 76.8 Å². The van der Waals surface area contributed by atoms with Crippen molar-refractivity contribution in [3.05, 3.63) is 510 Å². The van der Waals surface area contributed by atoms with E-state index < -0.39 is 0 Å². The van der Waals surface area contributed by atoms with Crippen LogP contribution in [0, 0.1) is 5.82 Å². The fourth-order valence-electron chi connectivity index (χ4n) is 21.3. The van der Waals surface area contributed by atoms with Crippen LogP contribution in [-0.4, -0.2) is 13.7 Å². The smallest absolute Gasteiger partial charge is 0.210 e. The maximum Gasteiger partial charge on any atom is 0.210 e. The molecule has 30 rings (SSSR count). The number of anilines is 9. The van der Waals surface area contributed by atoms with Gasteiger partial charge >= 0.3 is 0 Å². The van der Waals surface area contributed by atoms with Crippen molar-refractivity contribution < 1.29 is 40.0 Å². The SMILES string of the molecule is Fc1ccc(-n2c3ccccc3c3cc(N(c4cc[n+](-c5ccccc5)cc4)c4ccc5c(c4)oc4c6ccccc6oc54)ccc32)cc1.c1ccc(-n2c3ccccc3c3cc(N(c4cc[n+](-c5ccccc5)cc4)c4ccc5c(c4)oc4c6ccccc6oc54)ccc32)cc1.c1ccc(N(c2ccc(-c3ccc4c(c3)c3ccccc3n4-c3ccccc3)cc2)c2ccc3c(c2)oc2c4ccccc4oc32)cc1. The normalized spacial score (nSPS) is 11.8. The minimum atomic E-state index is -0.256. The first kappa shape index (κ1) is 83.4. The molecule has 0 saturated carbocycles. The summed E-state index contributed by atoms with van der Waals surface area (Å²) >= 11 is 0. The molecule has 19 aromatic carbocycles. The van der Waals surface area contributed by atoms with E-state index in [0.717, 1.165) is 206 Å². The van der Waals surface area contributed by atoms with E-state index in [9.17, 15) is 4.39 Å². The molecule has 0 bridgehead atoms. The lowest BCUT2D eigenvalue weighted by Crippen LogP contribution is -2.29. The van der Waals surface area contributed by atoms with Crippen molar-refractivity contribution in [1.82, 2.24) is 13.7 Å². The number of benzene rings is 19. The number of fused-ring (bicyclic) bond motifs is 24. The highest BCUT2D eigenvalue weighted by molar-refractivity contribution is 6.18. The Morgan fingerprint density at radius 3 is 0.814 bits per heavy atom. The third-order valence-electron chi connectivity index (χ3n) is 28.0. The zero-order valence-electron chi connectivity index (χ0n) is 77.8. The van der Waals surface area contributed by atoms with Gasteiger partial charge in [-0.25, -0.2) is 4.39 Å². The van der Waals surface area contributed by atoms with E-state index in [1.165, 1.54) is 61.4 Å². The van der Waals surface area contributed by atoms with Crippen molar-refractivity contribution >= 4 is 216 Å². The quantitative estimate of drug-likeness (QED) is 0.0927. The highest BCUT2D eigenvalue weighted by atomic mass is 19.1. The molecule has 0 aliphatic heterocycles. The first-order valence-electron chi connectivity index (χ1n) is 48.5. The Hall–Kier alpha value is -19.8. The van der Waals surface area contributed by atoms with Crippen molar-refractivity contribution in [2.75, 3.05) is 14.7 Å². The third-order valence-corrected chi connectivity index (χ3v) is 28.0. The molecule has 0 spiro atoms. The van der Waals surface area contributed by atoms with Gasteiger partial charge < -0.3 is 54.9 Å². The van der Waals surface area contributed by atoms with E-state index in [-0.39, 0.29) is 5.82 Å². The van der Waals surface area contributed by atoms with Gasteiger partial charge in [-0.1, -0.05) is 200 Å². The van der Waals surface area contributed by atoms with E-state index in [1.807, 2.05) is 121 Å². The van der Waals surface area contributed by atoms with Crippen LogP contribution >= 0.6 is 0 Å². The molecular formula is C130H83FN8O6+2. The zero-order valence-corrected chi connectivity index (χ0v) is 77.8. The summed E-state index contributed by atoms with van der Waals surface area (Å²) in [4.78, 5) is 6.81. The number of halogens is 1. The van der Waals surface area contributed by atoms with Gasteiger partial charge in [-0.3, -0.25) is 0 Å². The zero-order chi connectivity index (χ0) is 95.7. The monoisotopic (exact) mass is 1870 g/mol. The summed E-state index contributed by atoms with van der Waals surface area (Å²) in [6, 6.07) is 165. The summed E-state index contributed by atoms with van der Waals surface area (Å²) < 4.78 is 63.1. The van der Waals surface area contributed by atoms with Gasteiger partial charge in [-0.15, -0.1) is 0 Å². The Bertz CT molecular complexity index is 10200. The Morgan fingerprint density at radius 1 is 0.172 bits per heavy atom. The number of furan rings is 6. The maximum absolute atomic E-state index is 13.9. The standard InChI is InChI=1S/C44H28N2O2.C43H27FN3O2.C43H28N3O2/c1-3-11-31(12-4-1)45(34-24-25-37-42(28-34)48-43-36-16-8-10-18-41(36)47-44(37)43)33-22-19-29(20-23-33)30-21-26-40-38(27-30)35-15-7-9-17-39(35)46(40)32-13-5-2-6-14-32;44-28-14-16-30(17-15-28)47-38-12-6-4-10-34(38)37-26-32(19-21-39(37)47)46(31-22-24-45(25-23-31)29-8-2-1-3-9-29)33-18-20-36-41(27-33)49-42-35-11-5-7-13-40(35)48-43(36)42;1-3-11-29(12-4-1)44-25-23-31(24-26-44)45(33-19-21-36-41(28-33)48-42-35-16-8-10-18-40(35)47-43(36)42)32-20-22-39-37(27-32)34-15-7-9-17-38(34)46(39)30-13-5-2-6-14-30/h1-28H;1-27H;1-28H/q;2*+1. The second kappa shape index (κ2) is 34.4. The summed E-state index contributed by atoms with van der Waals surface area (Å²) in [6.45, 7) is 0. The third kappa shape index (κ3) is 14.3. The average molecular weight is 1870 g/mol. The summed E-state index contributed by atoms with van der Waals surface area (Å²) in [5.74, 6) is -0.256. The summed E-state index contributed by atoms with van der Waals surface area (Å²) in [5, 5.41) is 12.9. The number of hydrogen-bond donors (Lipinski definition) is 0. The summed E-state index contributed by atoms with van der Waals surface area (Å²) in [5.41, 5.74) is 33.2.